The molecule has 2 aromatic carbocycles. The Kier molecular flexibility index (Phi) is 5.69. The number of rotatable bonds is 7. The molecular weight excluding hydrogens is 380 g/mol. The molecule has 1 amide bonds. The Balaban J connectivity index is 1.59. The zero-order valence-electron chi connectivity index (χ0n) is 14.8. The van der Waals surface area contributed by atoms with E-state index >= 15 is 0 Å². The smallest absolute Gasteiger partial charge is 0.268 e. The van der Waals surface area contributed by atoms with Gasteiger partial charge in [0.25, 0.3) is 17.3 Å². The molecular formula is C18H14N6O5. The molecule has 0 atom stereocenters. The van der Waals surface area contributed by atoms with Crippen LogP contribution in [0.5, 0.6) is 0 Å². The molecule has 0 spiro atoms. The van der Waals surface area contributed by atoms with Gasteiger partial charge >= 0.3 is 0 Å². The Bertz CT molecular complexity index is 1090. The highest BCUT2D eigenvalue weighted by Crippen LogP contribution is 2.13. The van der Waals surface area contributed by atoms with Crippen molar-refractivity contribution in [2.45, 2.75) is 6.54 Å². The normalized spacial score (nSPS) is 10.8. The van der Waals surface area contributed by atoms with E-state index in [4.69, 9.17) is 0 Å². The molecule has 11 heteroatoms. The van der Waals surface area contributed by atoms with E-state index < -0.39 is 15.8 Å². The van der Waals surface area contributed by atoms with Gasteiger partial charge in [0, 0.05) is 36.0 Å². The molecule has 1 heterocycles. The summed E-state index contributed by atoms with van der Waals surface area (Å²) in [5.74, 6) is -0.547. The summed E-state index contributed by atoms with van der Waals surface area (Å²) in [4.78, 5) is 32.5. The third-order valence-electron chi connectivity index (χ3n) is 3.83. The highest BCUT2D eigenvalue weighted by atomic mass is 16.6. The third kappa shape index (κ3) is 5.07. The van der Waals surface area contributed by atoms with Crippen LogP contribution in [0.3, 0.4) is 0 Å². The largest absolute Gasteiger partial charge is 0.291 e. The fourth-order valence-electron chi connectivity index (χ4n) is 2.42. The second kappa shape index (κ2) is 8.52. The molecule has 0 saturated carbocycles. The molecule has 0 aliphatic carbocycles. The SMILES string of the molecule is O=C(N/N=C\c1cccc([N+](=O)[O-])c1)c1ccn(Cc2ccc([N+](=O)[O-])cc2)n1. The quantitative estimate of drug-likeness (QED) is 0.370. The van der Waals surface area contributed by atoms with E-state index in [1.54, 1.807) is 24.4 Å². The van der Waals surface area contributed by atoms with E-state index in [-0.39, 0.29) is 17.1 Å². The fourth-order valence-corrected chi connectivity index (χ4v) is 2.42. The van der Waals surface area contributed by atoms with Crippen LogP contribution in [0, 0.1) is 20.2 Å². The van der Waals surface area contributed by atoms with Crippen LogP contribution in [0.2, 0.25) is 0 Å². The third-order valence-corrected chi connectivity index (χ3v) is 3.83. The number of nitrogens with one attached hydrogen (secondary N) is 1. The highest BCUT2D eigenvalue weighted by molar-refractivity contribution is 5.93. The number of benzene rings is 2. The number of non-ortho nitro benzene ring substituents is 2. The van der Waals surface area contributed by atoms with Gasteiger partial charge in [-0.15, -0.1) is 0 Å². The molecule has 29 heavy (non-hydrogen) atoms. The second-order valence-electron chi connectivity index (χ2n) is 5.87. The standard InChI is InChI=1S/C18H14N6O5/c25-18(20-19-11-14-2-1-3-16(10-14)24(28)29)17-8-9-22(21-17)12-13-4-6-15(7-5-13)23(26)27/h1-11H,12H2,(H,20,25)/b19-11-. The van der Waals surface area contributed by atoms with Gasteiger partial charge in [-0.1, -0.05) is 24.3 Å². The minimum Gasteiger partial charge on any atom is -0.268 e. The molecule has 0 aliphatic heterocycles. The van der Waals surface area contributed by atoms with Gasteiger partial charge in [0.2, 0.25) is 0 Å². The topological polar surface area (TPSA) is 146 Å². The predicted octanol–water partition coefficient (Wildman–Crippen LogP) is 2.51. The van der Waals surface area contributed by atoms with E-state index in [2.05, 4.69) is 15.6 Å². The number of hydrazone groups is 1. The first kappa shape index (κ1) is 19.4. The van der Waals surface area contributed by atoms with Gasteiger partial charge in [-0.3, -0.25) is 29.7 Å². The number of amides is 1. The van der Waals surface area contributed by atoms with Crippen molar-refractivity contribution in [3.8, 4) is 0 Å². The number of hydrogen-bond donors (Lipinski definition) is 1. The first-order valence-electron chi connectivity index (χ1n) is 8.27. The summed E-state index contributed by atoms with van der Waals surface area (Å²) in [6, 6.07) is 13.3. The van der Waals surface area contributed by atoms with E-state index in [9.17, 15) is 25.0 Å². The van der Waals surface area contributed by atoms with Crippen molar-refractivity contribution in [2.24, 2.45) is 5.10 Å². The van der Waals surface area contributed by atoms with Crippen LogP contribution in [0.4, 0.5) is 11.4 Å². The van der Waals surface area contributed by atoms with Crippen LogP contribution < -0.4 is 5.43 Å². The van der Waals surface area contributed by atoms with Crippen LogP contribution in [0.1, 0.15) is 21.6 Å². The molecule has 1 aromatic heterocycles. The lowest BCUT2D eigenvalue weighted by Crippen LogP contribution is -2.18. The summed E-state index contributed by atoms with van der Waals surface area (Å²) in [6.07, 6.45) is 2.89. The van der Waals surface area contributed by atoms with Crippen molar-refractivity contribution in [3.05, 3.63) is 97.8 Å². The molecule has 3 rings (SSSR count). The first-order chi connectivity index (χ1) is 13.9. The predicted molar refractivity (Wildman–Crippen MR) is 103 cm³/mol. The summed E-state index contributed by atoms with van der Waals surface area (Å²) in [7, 11) is 0. The number of aromatic nitrogens is 2. The number of carbonyl (C=O) groups excluding carboxylic acids is 1. The van der Waals surface area contributed by atoms with Gasteiger partial charge in [-0.2, -0.15) is 10.2 Å². The van der Waals surface area contributed by atoms with Crippen LogP contribution in [0.25, 0.3) is 0 Å². The van der Waals surface area contributed by atoms with Crippen LogP contribution in [-0.2, 0) is 6.54 Å². The fraction of sp³-hybridized carbons (Fsp3) is 0.0556. The van der Waals surface area contributed by atoms with Crippen molar-refractivity contribution in [1.82, 2.24) is 15.2 Å². The minimum absolute atomic E-state index is 0.00380. The Morgan fingerprint density at radius 2 is 1.79 bits per heavy atom. The molecule has 0 saturated heterocycles. The van der Waals surface area contributed by atoms with Crippen molar-refractivity contribution >= 4 is 23.5 Å². The second-order valence-corrected chi connectivity index (χ2v) is 5.87. The molecule has 0 aliphatic rings. The van der Waals surface area contributed by atoms with E-state index in [0.29, 0.717) is 12.1 Å². The number of nitrogens with zero attached hydrogens (tertiary/aromatic N) is 5. The van der Waals surface area contributed by atoms with Gasteiger partial charge in [0.15, 0.2) is 5.69 Å². The van der Waals surface area contributed by atoms with Crippen molar-refractivity contribution in [3.63, 3.8) is 0 Å². The zero-order valence-corrected chi connectivity index (χ0v) is 14.8. The Labute approximate surface area is 163 Å². The zero-order chi connectivity index (χ0) is 20.8. The van der Waals surface area contributed by atoms with E-state index in [1.807, 2.05) is 0 Å². The lowest BCUT2D eigenvalue weighted by atomic mass is 10.2. The van der Waals surface area contributed by atoms with Crippen LogP contribution >= 0.6 is 0 Å². The molecule has 0 bridgehead atoms. The molecule has 146 valence electrons. The number of nitro benzene ring substituents is 2. The lowest BCUT2D eigenvalue weighted by Gasteiger charge is -2.01. The Hall–Kier alpha value is -4.41. The van der Waals surface area contributed by atoms with Gasteiger partial charge < -0.3 is 0 Å². The van der Waals surface area contributed by atoms with Crippen molar-refractivity contribution in [2.75, 3.05) is 0 Å². The van der Waals surface area contributed by atoms with Crippen LogP contribution in [-0.4, -0.2) is 31.7 Å². The van der Waals surface area contributed by atoms with Gasteiger partial charge in [0.05, 0.1) is 22.6 Å². The summed E-state index contributed by atoms with van der Waals surface area (Å²) in [5, 5.41) is 29.3. The monoisotopic (exact) mass is 394 g/mol. The number of hydrogen-bond acceptors (Lipinski definition) is 7. The summed E-state index contributed by atoms with van der Waals surface area (Å²) in [6.45, 7) is 0.336. The maximum atomic E-state index is 12.1. The average molecular weight is 394 g/mol. The Morgan fingerprint density at radius 1 is 1.07 bits per heavy atom. The maximum absolute atomic E-state index is 12.1. The van der Waals surface area contributed by atoms with E-state index in [0.717, 1.165) is 5.56 Å². The van der Waals surface area contributed by atoms with Gasteiger partial charge in [0.1, 0.15) is 0 Å². The van der Waals surface area contributed by atoms with Gasteiger partial charge in [-0.05, 0) is 11.6 Å². The Morgan fingerprint density at radius 3 is 2.48 bits per heavy atom. The minimum atomic E-state index is -0.547. The molecule has 3 aromatic rings. The summed E-state index contributed by atoms with van der Waals surface area (Å²) < 4.78 is 1.51. The lowest BCUT2D eigenvalue weighted by molar-refractivity contribution is -0.385. The first-order valence-corrected chi connectivity index (χ1v) is 8.27. The van der Waals surface area contributed by atoms with Crippen LogP contribution in [0.15, 0.2) is 65.9 Å². The molecule has 1 N–H and O–H groups in total. The number of nitro groups is 2. The highest BCUT2D eigenvalue weighted by Gasteiger charge is 2.10. The molecule has 11 nitrogen and oxygen atoms in total. The average Bonchev–Trinajstić information content (AvgIpc) is 3.17. The van der Waals surface area contributed by atoms with Gasteiger partial charge in [-0.25, -0.2) is 5.43 Å². The summed E-state index contributed by atoms with van der Waals surface area (Å²) >= 11 is 0. The van der Waals surface area contributed by atoms with Crippen molar-refractivity contribution < 1.29 is 14.6 Å². The molecule has 0 unspecified atom stereocenters. The summed E-state index contributed by atoms with van der Waals surface area (Å²) in [5.41, 5.74) is 3.60. The van der Waals surface area contributed by atoms with E-state index in [1.165, 1.54) is 47.3 Å². The molecule has 0 radical (unpaired) electrons. The van der Waals surface area contributed by atoms with Crippen molar-refractivity contribution in [1.29, 1.82) is 0 Å². The molecule has 0 fully saturated rings. The maximum Gasteiger partial charge on any atom is 0.291 e. The number of carbonyl (C=O) groups is 1.